The molecule has 0 aliphatic heterocycles. The summed E-state index contributed by atoms with van der Waals surface area (Å²) in [5.74, 6) is 0.517. The highest BCUT2D eigenvalue weighted by atomic mass is 35.5. The van der Waals surface area contributed by atoms with Crippen molar-refractivity contribution in [1.29, 1.82) is 0 Å². The monoisotopic (exact) mass is 389 g/mol. The van der Waals surface area contributed by atoms with Crippen molar-refractivity contribution >= 4 is 47.2 Å². The van der Waals surface area contributed by atoms with Crippen LogP contribution >= 0.6 is 42.2 Å². The summed E-state index contributed by atoms with van der Waals surface area (Å²) >= 11 is 12.4. The van der Waals surface area contributed by atoms with Gasteiger partial charge in [0.15, 0.2) is 0 Å². The van der Waals surface area contributed by atoms with Crippen LogP contribution < -0.4 is 10.2 Å². The number of hydrogen-bond acceptors (Lipinski definition) is 5. The first-order valence-corrected chi connectivity index (χ1v) is 9.96. The van der Waals surface area contributed by atoms with Crippen molar-refractivity contribution in [2.24, 2.45) is 0 Å². The normalized spacial score (nSPS) is 14.7. The summed E-state index contributed by atoms with van der Waals surface area (Å²) in [4.78, 5) is 10.8. The predicted molar refractivity (Wildman–Crippen MR) is 90.0 cm³/mol. The van der Waals surface area contributed by atoms with Gasteiger partial charge in [-0.15, -0.1) is 23.2 Å². The zero-order valence-corrected chi connectivity index (χ0v) is 15.3. The van der Waals surface area contributed by atoms with Gasteiger partial charge >= 0.3 is 12.7 Å². The first kappa shape index (κ1) is 19.8. The van der Waals surface area contributed by atoms with Crippen LogP contribution in [0.1, 0.15) is 18.7 Å². The highest BCUT2D eigenvalue weighted by Gasteiger charge is 2.27. The molecule has 11 heteroatoms. The van der Waals surface area contributed by atoms with E-state index < -0.39 is 12.6 Å². The van der Waals surface area contributed by atoms with Crippen LogP contribution in [0.4, 0.5) is 5.00 Å². The molecule has 0 aliphatic carbocycles. The Bertz CT molecular complexity index is 529. The topological polar surface area (TPSA) is 93.5 Å². The van der Waals surface area contributed by atoms with Gasteiger partial charge in [0.2, 0.25) is 0 Å². The van der Waals surface area contributed by atoms with Gasteiger partial charge in [-0.25, -0.2) is 10.2 Å². The maximum atomic E-state index is 12.8. The van der Waals surface area contributed by atoms with E-state index in [0.717, 1.165) is 11.3 Å². The van der Waals surface area contributed by atoms with Crippen LogP contribution in [0.25, 0.3) is 0 Å². The van der Waals surface area contributed by atoms with Crippen molar-refractivity contribution in [3.05, 3.63) is 27.1 Å². The van der Waals surface area contributed by atoms with Gasteiger partial charge in [0.05, 0.1) is 11.5 Å². The molecule has 0 unspecified atom stereocenters. The first-order chi connectivity index (χ1) is 10.3. The SMILES string of the molecule is C[C@H](CCl)NP(=O)(N[C@H](C)CCl)OCc1ccc([N+](=O)[O-])s1. The molecule has 1 aromatic rings. The van der Waals surface area contributed by atoms with E-state index in [0.29, 0.717) is 4.88 Å². The largest absolute Gasteiger partial charge is 0.341 e. The van der Waals surface area contributed by atoms with E-state index in [1.807, 2.05) is 0 Å². The summed E-state index contributed by atoms with van der Waals surface area (Å²) in [5.41, 5.74) is 0. The van der Waals surface area contributed by atoms with E-state index in [1.54, 1.807) is 19.9 Å². The first-order valence-electron chi connectivity index (χ1n) is 6.45. The Labute approximate surface area is 143 Å². The average Bonchev–Trinajstić information content (AvgIpc) is 2.94. The third kappa shape index (κ3) is 6.50. The van der Waals surface area contributed by atoms with E-state index in [4.69, 9.17) is 27.7 Å². The second kappa shape index (κ2) is 9.17. The lowest BCUT2D eigenvalue weighted by Crippen LogP contribution is -2.36. The maximum absolute atomic E-state index is 12.8. The van der Waals surface area contributed by atoms with Crippen molar-refractivity contribution in [2.75, 3.05) is 11.8 Å². The fourth-order valence-corrected chi connectivity index (χ4v) is 4.54. The summed E-state index contributed by atoms with van der Waals surface area (Å²) in [6.07, 6.45) is 0. The molecule has 126 valence electrons. The van der Waals surface area contributed by atoms with Gasteiger partial charge in [-0.1, -0.05) is 11.3 Å². The van der Waals surface area contributed by atoms with Crippen molar-refractivity contribution in [2.45, 2.75) is 32.5 Å². The molecule has 0 saturated heterocycles. The van der Waals surface area contributed by atoms with Crippen molar-refractivity contribution in [3.63, 3.8) is 0 Å². The second-order valence-electron chi connectivity index (χ2n) is 4.69. The van der Waals surface area contributed by atoms with Crippen molar-refractivity contribution in [3.8, 4) is 0 Å². The third-order valence-corrected chi connectivity index (χ3v) is 6.45. The molecule has 0 fully saturated rings. The average molecular weight is 390 g/mol. The van der Waals surface area contributed by atoms with Crippen molar-refractivity contribution in [1.82, 2.24) is 10.2 Å². The van der Waals surface area contributed by atoms with Gasteiger partial charge in [0.1, 0.15) is 0 Å². The molecule has 1 rings (SSSR count). The highest BCUT2D eigenvalue weighted by molar-refractivity contribution is 7.54. The number of halogens is 2. The molecule has 7 nitrogen and oxygen atoms in total. The number of nitrogens with one attached hydrogen (secondary N) is 2. The van der Waals surface area contributed by atoms with Gasteiger partial charge < -0.3 is 4.52 Å². The molecule has 0 bridgehead atoms. The molecule has 1 aromatic heterocycles. The zero-order valence-electron chi connectivity index (χ0n) is 12.1. The summed E-state index contributed by atoms with van der Waals surface area (Å²) in [6, 6.07) is 2.49. The lowest BCUT2D eigenvalue weighted by Gasteiger charge is -2.25. The number of nitro groups is 1. The smallest absolute Gasteiger partial charge is 0.300 e. The quantitative estimate of drug-likeness (QED) is 0.274. The molecule has 1 heterocycles. The van der Waals surface area contributed by atoms with E-state index in [-0.39, 0.29) is 35.5 Å². The zero-order chi connectivity index (χ0) is 16.8. The maximum Gasteiger partial charge on any atom is 0.341 e. The number of alkyl halides is 2. The Balaban J connectivity index is 2.74. The summed E-state index contributed by atoms with van der Waals surface area (Å²) in [5, 5.41) is 16.3. The molecule has 0 aromatic carbocycles. The van der Waals surface area contributed by atoms with Gasteiger partial charge in [-0.05, 0) is 19.9 Å². The Hall–Kier alpha value is -0.210. The molecule has 0 radical (unpaired) electrons. The number of nitrogens with zero attached hydrogens (tertiary/aromatic N) is 1. The number of thiophene rings is 1. The molecule has 0 aliphatic rings. The molecule has 0 saturated carbocycles. The molecular formula is C11H18Cl2N3O4PS. The van der Waals surface area contributed by atoms with Crippen LogP contribution in [0, 0.1) is 10.1 Å². The second-order valence-corrected chi connectivity index (χ2v) is 8.33. The van der Waals surface area contributed by atoms with Crippen LogP contribution in [0.3, 0.4) is 0 Å². The molecule has 2 N–H and O–H groups in total. The number of rotatable bonds is 10. The van der Waals surface area contributed by atoms with Crippen LogP contribution in [0.5, 0.6) is 0 Å². The minimum Gasteiger partial charge on any atom is -0.300 e. The predicted octanol–water partition coefficient (Wildman–Crippen LogP) is 3.71. The van der Waals surface area contributed by atoms with Crippen LogP contribution in [-0.2, 0) is 15.7 Å². The lowest BCUT2D eigenvalue weighted by atomic mass is 10.4. The van der Waals surface area contributed by atoms with E-state index in [1.165, 1.54) is 6.07 Å². The molecule has 2 atom stereocenters. The highest BCUT2D eigenvalue weighted by Crippen LogP contribution is 2.41. The standard InChI is InChI=1S/C11H18Cl2N3O4PS/c1-8(5-12)14-21(19,15-9(2)6-13)20-7-10-3-4-11(22-10)16(17)18/h3-4,8-9H,5-7H2,1-2H3,(H2,14,15,19)/t8-,9-/m1/s1. The number of hydrogen-bond donors (Lipinski definition) is 2. The van der Waals surface area contributed by atoms with Crippen LogP contribution in [0.15, 0.2) is 12.1 Å². The van der Waals surface area contributed by atoms with Crippen LogP contribution in [0.2, 0.25) is 0 Å². The lowest BCUT2D eigenvalue weighted by molar-refractivity contribution is -0.380. The summed E-state index contributed by atoms with van der Waals surface area (Å²) in [7, 11) is -3.38. The van der Waals surface area contributed by atoms with Gasteiger partial charge in [-0.2, -0.15) is 0 Å². The van der Waals surface area contributed by atoms with E-state index >= 15 is 0 Å². The Morgan fingerprint density at radius 3 is 2.27 bits per heavy atom. The van der Waals surface area contributed by atoms with Gasteiger partial charge in [0.25, 0.3) is 0 Å². The summed E-state index contributed by atoms with van der Waals surface area (Å²) < 4.78 is 18.2. The third-order valence-electron chi connectivity index (χ3n) is 2.46. The van der Waals surface area contributed by atoms with Crippen molar-refractivity contribution < 1.29 is 14.0 Å². The Morgan fingerprint density at radius 1 is 1.32 bits per heavy atom. The molecular weight excluding hydrogens is 372 g/mol. The fraction of sp³-hybridized carbons (Fsp3) is 0.636. The minimum atomic E-state index is -3.38. The molecule has 0 spiro atoms. The Morgan fingerprint density at radius 2 is 1.86 bits per heavy atom. The van der Waals surface area contributed by atoms with Gasteiger partial charge in [-0.3, -0.25) is 14.7 Å². The Kier molecular flexibility index (Phi) is 8.27. The summed E-state index contributed by atoms with van der Waals surface area (Å²) in [6.45, 7) is 3.53. The van der Waals surface area contributed by atoms with E-state index in [9.17, 15) is 14.7 Å². The van der Waals surface area contributed by atoms with Crippen LogP contribution in [-0.4, -0.2) is 28.8 Å². The fourth-order valence-electron chi connectivity index (χ4n) is 1.46. The minimum absolute atomic E-state index is 0.0117. The van der Waals surface area contributed by atoms with Gasteiger partial charge in [0, 0.05) is 34.8 Å². The van der Waals surface area contributed by atoms with E-state index in [2.05, 4.69) is 10.2 Å². The molecule has 0 amide bonds. The molecule has 22 heavy (non-hydrogen) atoms.